The van der Waals surface area contributed by atoms with E-state index in [1.54, 1.807) is 17.0 Å². The van der Waals surface area contributed by atoms with E-state index < -0.39 is 0 Å². The van der Waals surface area contributed by atoms with Crippen LogP contribution < -0.4 is 11.1 Å². The predicted octanol–water partition coefficient (Wildman–Crippen LogP) is 1.39. The van der Waals surface area contributed by atoms with Gasteiger partial charge in [0.25, 0.3) is 5.91 Å². The second kappa shape index (κ2) is 5.94. The second-order valence-electron chi connectivity index (χ2n) is 5.61. The van der Waals surface area contributed by atoms with Crippen molar-refractivity contribution in [3.8, 4) is 0 Å². The Morgan fingerprint density at radius 1 is 1.45 bits per heavy atom. The van der Waals surface area contributed by atoms with Crippen molar-refractivity contribution < 1.29 is 9.59 Å². The van der Waals surface area contributed by atoms with Crippen molar-refractivity contribution in [2.24, 2.45) is 5.92 Å². The van der Waals surface area contributed by atoms with E-state index in [0.717, 1.165) is 12.0 Å². The van der Waals surface area contributed by atoms with E-state index in [0.29, 0.717) is 30.3 Å². The molecule has 2 rings (SSSR count). The number of carbonyl (C=O) groups excluding carboxylic acids is 2. The number of carbonyl (C=O) groups is 2. The molecule has 5 heteroatoms. The first-order valence-corrected chi connectivity index (χ1v) is 6.91. The fraction of sp³-hybridized carbons (Fsp3) is 0.467. The zero-order valence-electron chi connectivity index (χ0n) is 12.0. The molecular formula is C15H21N3O2. The molecule has 0 spiro atoms. The molecule has 0 saturated heterocycles. The van der Waals surface area contributed by atoms with Crippen molar-refractivity contribution >= 4 is 17.5 Å². The zero-order chi connectivity index (χ0) is 14.7. The first-order valence-electron chi connectivity index (χ1n) is 6.91. The molecule has 2 amide bonds. The molecule has 1 aromatic rings. The quantitative estimate of drug-likeness (QED) is 0.797. The van der Waals surface area contributed by atoms with E-state index in [1.165, 1.54) is 0 Å². The highest BCUT2D eigenvalue weighted by Gasteiger charge is 2.28. The van der Waals surface area contributed by atoms with Crippen LogP contribution in [-0.4, -0.2) is 29.8 Å². The zero-order valence-corrected chi connectivity index (χ0v) is 12.0. The largest absolute Gasteiger partial charge is 0.399 e. The highest BCUT2D eigenvalue weighted by atomic mass is 16.2. The number of rotatable bonds is 5. The number of nitrogens with zero attached hydrogens (tertiary/aromatic N) is 1. The van der Waals surface area contributed by atoms with Crippen molar-refractivity contribution in [1.82, 2.24) is 10.2 Å². The van der Waals surface area contributed by atoms with Gasteiger partial charge in [0.05, 0.1) is 0 Å². The topological polar surface area (TPSA) is 75.4 Å². The van der Waals surface area contributed by atoms with Gasteiger partial charge in [-0.2, -0.15) is 0 Å². The van der Waals surface area contributed by atoms with Crippen LogP contribution in [0.1, 0.15) is 36.2 Å². The van der Waals surface area contributed by atoms with Gasteiger partial charge < -0.3 is 16.0 Å². The van der Waals surface area contributed by atoms with Gasteiger partial charge in [-0.25, -0.2) is 0 Å². The van der Waals surface area contributed by atoms with Crippen molar-refractivity contribution in [2.75, 3.05) is 18.8 Å². The summed E-state index contributed by atoms with van der Waals surface area (Å²) < 4.78 is 0. The number of fused-ring (bicyclic) bond motifs is 1. The molecule has 0 aromatic heterocycles. The molecule has 0 saturated carbocycles. The number of hydrogen-bond donors (Lipinski definition) is 2. The summed E-state index contributed by atoms with van der Waals surface area (Å²) in [5.74, 6) is 0.321. The molecule has 0 unspecified atom stereocenters. The Morgan fingerprint density at radius 2 is 2.20 bits per heavy atom. The fourth-order valence-electron chi connectivity index (χ4n) is 2.24. The van der Waals surface area contributed by atoms with Crippen LogP contribution in [0.4, 0.5) is 5.69 Å². The van der Waals surface area contributed by atoms with Crippen LogP contribution in [0.3, 0.4) is 0 Å². The minimum atomic E-state index is -0.119. The van der Waals surface area contributed by atoms with Crippen LogP contribution in [-0.2, 0) is 11.3 Å². The van der Waals surface area contributed by atoms with Gasteiger partial charge in [0.1, 0.15) is 6.54 Å². The molecule has 1 aliphatic heterocycles. The van der Waals surface area contributed by atoms with E-state index in [2.05, 4.69) is 19.2 Å². The summed E-state index contributed by atoms with van der Waals surface area (Å²) in [5, 5.41) is 2.84. The Balaban J connectivity index is 1.90. The summed E-state index contributed by atoms with van der Waals surface area (Å²) in [7, 11) is 0. The molecule has 0 fully saturated rings. The van der Waals surface area contributed by atoms with E-state index in [4.69, 9.17) is 5.73 Å². The van der Waals surface area contributed by atoms with Crippen LogP contribution in [0.15, 0.2) is 18.2 Å². The fourth-order valence-corrected chi connectivity index (χ4v) is 2.24. The monoisotopic (exact) mass is 275 g/mol. The molecule has 1 aromatic carbocycles. The Bertz CT molecular complexity index is 526. The van der Waals surface area contributed by atoms with Crippen molar-refractivity contribution in [1.29, 1.82) is 0 Å². The molecular weight excluding hydrogens is 254 g/mol. The van der Waals surface area contributed by atoms with Crippen LogP contribution in [0.25, 0.3) is 0 Å². The Kier molecular flexibility index (Phi) is 4.27. The minimum Gasteiger partial charge on any atom is -0.399 e. The molecule has 0 atom stereocenters. The first-order chi connectivity index (χ1) is 9.47. The average Bonchev–Trinajstić information content (AvgIpc) is 2.66. The van der Waals surface area contributed by atoms with E-state index in [1.807, 2.05) is 6.07 Å². The molecule has 20 heavy (non-hydrogen) atoms. The molecule has 5 nitrogen and oxygen atoms in total. The van der Waals surface area contributed by atoms with Gasteiger partial charge in [0.15, 0.2) is 0 Å². The van der Waals surface area contributed by atoms with Crippen LogP contribution in [0, 0.1) is 5.92 Å². The molecule has 0 aliphatic carbocycles. The lowest BCUT2D eigenvalue weighted by atomic mass is 10.1. The molecule has 1 aliphatic rings. The number of amides is 2. The standard InChI is InChI=1S/C15H21N3O2/c1-10(2)5-6-17-14(19)9-18-8-11-3-4-12(16)7-13(11)15(18)20/h3-4,7,10H,5-6,8-9,16H2,1-2H3,(H,17,19). The van der Waals surface area contributed by atoms with Gasteiger partial charge >= 0.3 is 0 Å². The van der Waals surface area contributed by atoms with Crippen molar-refractivity contribution in [3.05, 3.63) is 29.3 Å². The van der Waals surface area contributed by atoms with Crippen molar-refractivity contribution in [3.63, 3.8) is 0 Å². The first kappa shape index (κ1) is 14.4. The van der Waals surface area contributed by atoms with Gasteiger partial charge in [0, 0.05) is 24.3 Å². The predicted molar refractivity (Wildman–Crippen MR) is 78.1 cm³/mol. The summed E-state index contributed by atoms with van der Waals surface area (Å²) in [6.45, 7) is 5.45. The van der Waals surface area contributed by atoms with Gasteiger partial charge in [-0.1, -0.05) is 19.9 Å². The summed E-state index contributed by atoms with van der Waals surface area (Å²) >= 11 is 0. The van der Waals surface area contributed by atoms with Gasteiger partial charge in [-0.15, -0.1) is 0 Å². The summed E-state index contributed by atoms with van der Waals surface area (Å²) in [6, 6.07) is 5.30. The van der Waals surface area contributed by atoms with Crippen molar-refractivity contribution in [2.45, 2.75) is 26.8 Å². The normalized spacial score (nSPS) is 13.8. The summed E-state index contributed by atoms with van der Waals surface area (Å²) in [6.07, 6.45) is 0.941. The Morgan fingerprint density at radius 3 is 2.90 bits per heavy atom. The van der Waals surface area contributed by atoms with Crippen LogP contribution in [0.2, 0.25) is 0 Å². The maximum Gasteiger partial charge on any atom is 0.255 e. The molecule has 108 valence electrons. The number of anilines is 1. The maximum absolute atomic E-state index is 12.2. The van der Waals surface area contributed by atoms with Gasteiger partial charge in [-0.05, 0) is 30.0 Å². The average molecular weight is 275 g/mol. The smallest absolute Gasteiger partial charge is 0.255 e. The maximum atomic E-state index is 12.2. The molecule has 1 heterocycles. The number of nitrogen functional groups attached to an aromatic ring is 1. The van der Waals surface area contributed by atoms with E-state index in [-0.39, 0.29) is 18.4 Å². The minimum absolute atomic E-state index is 0.103. The lowest BCUT2D eigenvalue weighted by Gasteiger charge is -2.15. The third-order valence-electron chi connectivity index (χ3n) is 3.39. The number of benzene rings is 1. The number of nitrogens with two attached hydrogens (primary N) is 1. The van der Waals surface area contributed by atoms with E-state index in [9.17, 15) is 9.59 Å². The lowest BCUT2D eigenvalue weighted by molar-refractivity contribution is -0.121. The lowest BCUT2D eigenvalue weighted by Crippen LogP contribution is -2.37. The molecule has 0 radical (unpaired) electrons. The third-order valence-corrected chi connectivity index (χ3v) is 3.39. The number of hydrogen-bond acceptors (Lipinski definition) is 3. The Hall–Kier alpha value is -2.04. The van der Waals surface area contributed by atoms with Gasteiger partial charge in [0.2, 0.25) is 5.91 Å². The van der Waals surface area contributed by atoms with Crippen LogP contribution >= 0.6 is 0 Å². The summed E-state index contributed by atoms with van der Waals surface area (Å²) in [4.78, 5) is 25.5. The third kappa shape index (κ3) is 3.29. The molecule has 0 bridgehead atoms. The van der Waals surface area contributed by atoms with Gasteiger partial charge in [-0.3, -0.25) is 9.59 Å². The van der Waals surface area contributed by atoms with Crippen LogP contribution in [0.5, 0.6) is 0 Å². The molecule has 3 N–H and O–H groups in total. The SMILES string of the molecule is CC(C)CCNC(=O)CN1Cc2ccc(N)cc2C1=O. The Labute approximate surface area is 119 Å². The summed E-state index contributed by atoms with van der Waals surface area (Å²) in [5.41, 5.74) is 7.79. The number of nitrogens with one attached hydrogen (secondary N) is 1. The highest BCUT2D eigenvalue weighted by Crippen LogP contribution is 2.24. The second-order valence-corrected chi connectivity index (χ2v) is 5.61. The highest BCUT2D eigenvalue weighted by molar-refractivity contribution is 6.00. The van der Waals surface area contributed by atoms with E-state index >= 15 is 0 Å².